The molecule has 2 N–H and O–H groups in total. The van der Waals surface area contributed by atoms with E-state index in [-0.39, 0.29) is 18.1 Å². The van der Waals surface area contributed by atoms with E-state index in [0.29, 0.717) is 0 Å². The second-order valence-electron chi connectivity index (χ2n) is 5.33. The number of hydrogen-bond donors (Lipinski definition) is 2. The van der Waals surface area contributed by atoms with Crippen molar-refractivity contribution in [1.29, 1.82) is 0 Å². The fourth-order valence-electron chi connectivity index (χ4n) is 2.00. The molecule has 0 bridgehead atoms. The minimum absolute atomic E-state index is 0.0161. The number of hydrogen-bond acceptors (Lipinski definition) is 4. The minimum atomic E-state index is -3.93. The molecule has 24 heavy (non-hydrogen) atoms. The van der Waals surface area contributed by atoms with E-state index >= 15 is 0 Å². The van der Waals surface area contributed by atoms with Crippen LogP contribution in [0, 0.1) is 6.92 Å². The molecule has 0 saturated carbocycles. The summed E-state index contributed by atoms with van der Waals surface area (Å²) in [5, 5.41) is 9.22. The quantitative estimate of drug-likeness (QED) is 0.760. The summed E-state index contributed by atoms with van der Waals surface area (Å²) in [5.74, 6) is -1.29. The molecule has 0 aromatic heterocycles. The number of sulfonamides is 1. The van der Waals surface area contributed by atoms with Gasteiger partial charge < -0.3 is 9.84 Å². The first kappa shape index (κ1) is 18.1. The average Bonchev–Trinajstić information content (AvgIpc) is 2.55. The molecule has 128 valence electrons. The average molecular weight is 349 g/mol. The third kappa shape index (κ3) is 5.16. The number of carbonyl (C=O) groups is 1. The van der Waals surface area contributed by atoms with Gasteiger partial charge in [0, 0.05) is 0 Å². The van der Waals surface area contributed by atoms with Crippen LogP contribution in [0.2, 0.25) is 0 Å². The largest absolute Gasteiger partial charge is 0.480 e. The van der Waals surface area contributed by atoms with E-state index in [9.17, 15) is 18.3 Å². The topological polar surface area (TPSA) is 92.7 Å². The highest BCUT2D eigenvalue weighted by Crippen LogP contribution is 2.11. The van der Waals surface area contributed by atoms with Crippen LogP contribution in [-0.2, 0) is 26.2 Å². The van der Waals surface area contributed by atoms with Gasteiger partial charge in [0.15, 0.2) is 0 Å². The molecule has 1 atom stereocenters. The summed E-state index contributed by atoms with van der Waals surface area (Å²) >= 11 is 0. The predicted octanol–water partition coefficient (Wildman–Crippen LogP) is 1.94. The van der Waals surface area contributed by atoms with Crippen LogP contribution >= 0.6 is 0 Å². The van der Waals surface area contributed by atoms with E-state index in [1.807, 2.05) is 37.3 Å². The zero-order valence-corrected chi connectivity index (χ0v) is 14.0. The van der Waals surface area contributed by atoms with Gasteiger partial charge in [-0.3, -0.25) is 4.79 Å². The summed E-state index contributed by atoms with van der Waals surface area (Å²) in [4.78, 5) is 11.3. The molecule has 0 unspecified atom stereocenters. The Labute approximate surface area is 141 Å². The number of aryl methyl sites for hydroxylation is 1. The number of benzene rings is 2. The summed E-state index contributed by atoms with van der Waals surface area (Å²) < 4.78 is 32.0. The molecule has 0 amide bonds. The van der Waals surface area contributed by atoms with Crippen LogP contribution in [0.1, 0.15) is 11.1 Å². The Morgan fingerprint density at radius 2 is 1.75 bits per heavy atom. The van der Waals surface area contributed by atoms with Crippen LogP contribution < -0.4 is 4.72 Å². The van der Waals surface area contributed by atoms with Gasteiger partial charge in [0.25, 0.3) is 0 Å². The Hall–Kier alpha value is -2.22. The van der Waals surface area contributed by atoms with Crippen molar-refractivity contribution in [1.82, 2.24) is 4.72 Å². The van der Waals surface area contributed by atoms with E-state index in [1.54, 1.807) is 12.1 Å². The monoisotopic (exact) mass is 349 g/mol. The van der Waals surface area contributed by atoms with Gasteiger partial charge in [-0.05, 0) is 24.6 Å². The number of aliphatic carboxylic acids is 1. The van der Waals surface area contributed by atoms with E-state index in [4.69, 9.17) is 4.74 Å². The first-order chi connectivity index (χ1) is 11.4. The molecule has 0 aliphatic carbocycles. The van der Waals surface area contributed by atoms with Crippen molar-refractivity contribution < 1.29 is 23.1 Å². The summed E-state index contributed by atoms with van der Waals surface area (Å²) in [5.41, 5.74) is 1.79. The van der Waals surface area contributed by atoms with Crippen molar-refractivity contribution in [2.24, 2.45) is 0 Å². The normalized spacial score (nSPS) is 12.7. The van der Waals surface area contributed by atoms with E-state index in [0.717, 1.165) is 11.1 Å². The van der Waals surface area contributed by atoms with Gasteiger partial charge in [-0.1, -0.05) is 48.0 Å². The van der Waals surface area contributed by atoms with Gasteiger partial charge in [-0.25, -0.2) is 8.42 Å². The van der Waals surface area contributed by atoms with Crippen LogP contribution in [0.3, 0.4) is 0 Å². The first-order valence-electron chi connectivity index (χ1n) is 7.32. The zero-order valence-electron chi connectivity index (χ0n) is 13.2. The molecule has 0 spiro atoms. The van der Waals surface area contributed by atoms with Crippen molar-refractivity contribution in [2.75, 3.05) is 6.61 Å². The molecule has 0 aliphatic heterocycles. The molecule has 0 aliphatic rings. The summed E-state index contributed by atoms with van der Waals surface area (Å²) in [6.07, 6.45) is 0. The first-order valence-corrected chi connectivity index (χ1v) is 8.80. The zero-order chi connectivity index (χ0) is 17.6. The van der Waals surface area contributed by atoms with Crippen LogP contribution in [0.25, 0.3) is 0 Å². The SMILES string of the molecule is Cc1ccc(S(=O)(=O)N[C@H](COCc2ccccc2)C(=O)O)cc1. The minimum Gasteiger partial charge on any atom is -0.480 e. The van der Waals surface area contributed by atoms with Gasteiger partial charge in [-0.15, -0.1) is 0 Å². The van der Waals surface area contributed by atoms with Gasteiger partial charge >= 0.3 is 5.97 Å². The smallest absolute Gasteiger partial charge is 0.324 e. The molecule has 0 heterocycles. The maximum atomic E-state index is 12.3. The Morgan fingerprint density at radius 3 is 2.33 bits per heavy atom. The Bertz CT molecular complexity index is 772. The number of carboxylic acid groups (broad SMARTS) is 1. The summed E-state index contributed by atoms with van der Waals surface area (Å²) in [7, 11) is -3.93. The standard InChI is InChI=1S/C17H19NO5S/c1-13-7-9-15(10-8-13)24(21,22)18-16(17(19)20)12-23-11-14-5-3-2-4-6-14/h2-10,16,18H,11-12H2,1H3,(H,19,20)/t16-/m1/s1. The highest BCUT2D eigenvalue weighted by Gasteiger charge is 2.25. The maximum absolute atomic E-state index is 12.3. The van der Waals surface area contributed by atoms with Gasteiger partial charge in [-0.2, -0.15) is 4.72 Å². The molecule has 0 fully saturated rings. The third-order valence-electron chi connectivity index (χ3n) is 3.32. The van der Waals surface area contributed by atoms with Crippen LogP contribution in [0.4, 0.5) is 0 Å². The molecule has 2 rings (SSSR count). The Balaban J connectivity index is 2.00. The molecular formula is C17H19NO5S. The van der Waals surface area contributed by atoms with E-state index < -0.39 is 22.0 Å². The van der Waals surface area contributed by atoms with Crippen molar-refractivity contribution >= 4 is 16.0 Å². The lowest BCUT2D eigenvalue weighted by atomic mass is 10.2. The lowest BCUT2D eigenvalue weighted by Crippen LogP contribution is -2.43. The Kier molecular flexibility index (Phi) is 6.08. The highest BCUT2D eigenvalue weighted by molar-refractivity contribution is 7.89. The molecule has 2 aromatic rings. The number of ether oxygens (including phenoxy) is 1. The van der Waals surface area contributed by atoms with Crippen molar-refractivity contribution in [2.45, 2.75) is 24.5 Å². The highest BCUT2D eigenvalue weighted by atomic mass is 32.2. The fourth-order valence-corrected chi connectivity index (χ4v) is 3.17. The van der Waals surface area contributed by atoms with Crippen LogP contribution in [-0.4, -0.2) is 32.1 Å². The van der Waals surface area contributed by atoms with Crippen LogP contribution in [0.15, 0.2) is 59.5 Å². The molecular weight excluding hydrogens is 330 g/mol. The van der Waals surface area contributed by atoms with Crippen molar-refractivity contribution in [3.63, 3.8) is 0 Å². The molecule has 6 nitrogen and oxygen atoms in total. The fraction of sp³-hybridized carbons (Fsp3) is 0.235. The number of carboxylic acids is 1. The summed E-state index contributed by atoms with van der Waals surface area (Å²) in [6, 6.07) is 14.0. The summed E-state index contributed by atoms with van der Waals surface area (Å²) in [6.45, 7) is 1.77. The number of rotatable bonds is 8. The number of nitrogens with one attached hydrogen (secondary N) is 1. The van der Waals surface area contributed by atoms with Gasteiger partial charge in [0.05, 0.1) is 18.1 Å². The second kappa shape index (κ2) is 8.05. The lowest BCUT2D eigenvalue weighted by molar-refractivity contribution is -0.140. The lowest BCUT2D eigenvalue weighted by Gasteiger charge is -2.15. The third-order valence-corrected chi connectivity index (χ3v) is 4.81. The molecule has 0 radical (unpaired) electrons. The Morgan fingerprint density at radius 1 is 1.12 bits per heavy atom. The van der Waals surface area contributed by atoms with Crippen molar-refractivity contribution in [3.8, 4) is 0 Å². The van der Waals surface area contributed by atoms with Gasteiger partial charge in [0.2, 0.25) is 10.0 Å². The van der Waals surface area contributed by atoms with Gasteiger partial charge in [0.1, 0.15) is 6.04 Å². The van der Waals surface area contributed by atoms with Crippen molar-refractivity contribution in [3.05, 3.63) is 65.7 Å². The second-order valence-corrected chi connectivity index (χ2v) is 7.04. The van der Waals surface area contributed by atoms with E-state index in [2.05, 4.69) is 4.72 Å². The molecule has 0 saturated heterocycles. The van der Waals surface area contributed by atoms with E-state index in [1.165, 1.54) is 12.1 Å². The molecule has 2 aromatic carbocycles. The maximum Gasteiger partial charge on any atom is 0.324 e. The molecule has 7 heteroatoms. The van der Waals surface area contributed by atoms with Crippen LogP contribution in [0.5, 0.6) is 0 Å². The predicted molar refractivity (Wildman–Crippen MR) is 89.0 cm³/mol.